The number of amides is 2. The molecule has 0 atom stereocenters. The number of hydrogen-bond donors (Lipinski definition) is 3. The molecule has 0 saturated carbocycles. The Hall–Kier alpha value is -4.16. The van der Waals surface area contributed by atoms with E-state index in [1.54, 1.807) is 30.7 Å². The predicted octanol–water partition coefficient (Wildman–Crippen LogP) is 2.51. The third-order valence-electron chi connectivity index (χ3n) is 5.10. The fourth-order valence-electron chi connectivity index (χ4n) is 3.44. The molecule has 5 rings (SSSR count). The number of aromatic nitrogens is 3. The summed E-state index contributed by atoms with van der Waals surface area (Å²) in [6.45, 7) is 0.208. The van der Waals surface area contributed by atoms with E-state index in [2.05, 4.69) is 25.6 Å². The Morgan fingerprint density at radius 1 is 1.03 bits per heavy atom. The zero-order valence-electron chi connectivity index (χ0n) is 17.3. The van der Waals surface area contributed by atoms with Crippen molar-refractivity contribution in [1.29, 1.82) is 0 Å². The third kappa shape index (κ3) is 3.89. The smallest absolute Gasteiger partial charge is 0.257 e. The van der Waals surface area contributed by atoms with E-state index in [1.165, 1.54) is 41.7 Å². The fourth-order valence-corrected chi connectivity index (χ4v) is 5.86. The number of hydrogen-bond acceptors (Lipinski definition) is 9. The maximum atomic E-state index is 13.1. The molecule has 170 valence electrons. The molecule has 1 aliphatic heterocycles. The third-order valence-corrected chi connectivity index (χ3v) is 8.01. The minimum absolute atomic E-state index is 0.0530. The highest BCUT2D eigenvalue weighted by molar-refractivity contribution is 7.91. The van der Waals surface area contributed by atoms with Gasteiger partial charge >= 0.3 is 0 Å². The minimum Gasteiger partial charge on any atom is -0.368 e. The van der Waals surface area contributed by atoms with Gasteiger partial charge in [-0.15, -0.1) is 11.3 Å². The Labute approximate surface area is 197 Å². The summed E-state index contributed by atoms with van der Waals surface area (Å²) in [5, 5.41) is 6.06. The molecule has 3 heterocycles. The highest BCUT2D eigenvalue weighted by atomic mass is 32.2. The number of nitrogens with one attached hydrogen (secondary N) is 2. The summed E-state index contributed by atoms with van der Waals surface area (Å²) in [5.41, 5.74) is 6.52. The van der Waals surface area contributed by atoms with E-state index in [0.29, 0.717) is 10.6 Å². The molecule has 0 saturated heterocycles. The first kappa shape index (κ1) is 21.7. The van der Waals surface area contributed by atoms with Crippen molar-refractivity contribution in [3.05, 3.63) is 77.1 Å². The van der Waals surface area contributed by atoms with Crippen LogP contribution in [0.1, 0.15) is 25.6 Å². The second kappa shape index (κ2) is 8.32. The second-order valence-electron chi connectivity index (χ2n) is 7.31. The van der Waals surface area contributed by atoms with Crippen LogP contribution in [0.15, 0.2) is 70.8 Å². The van der Waals surface area contributed by atoms with Gasteiger partial charge in [-0.05, 0) is 30.3 Å². The molecule has 0 bridgehead atoms. The highest BCUT2D eigenvalue weighted by Crippen LogP contribution is 2.34. The highest BCUT2D eigenvalue weighted by Gasteiger charge is 2.31. The number of carbonyl (C=O) groups excluding carboxylic acids is 2. The van der Waals surface area contributed by atoms with Gasteiger partial charge in [0.1, 0.15) is 5.01 Å². The fraction of sp³-hybridized carbons (Fsp3) is 0.0455. The molecule has 12 heteroatoms. The summed E-state index contributed by atoms with van der Waals surface area (Å²) < 4.78 is 26.2. The maximum Gasteiger partial charge on any atom is 0.257 e. The number of anilines is 2. The number of nitrogen functional groups attached to an aromatic ring is 1. The van der Waals surface area contributed by atoms with Gasteiger partial charge in [-0.25, -0.2) is 23.4 Å². The van der Waals surface area contributed by atoms with Crippen LogP contribution >= 0.6 is 11.3 Å². The molecule has 0 radical (unpaired) electrons. The number of nitrogens with zero attached hydrogens (tertiary/aromatic N) is 3. The molecule has 1 aliphatic rings. The Kier molecular flexibility index (Phi) is 5.30. The number of fused-ring (bicyclic) bond motifs is 2. The van der Waals surface area contributed by atoms with Crippen LogP contribution in [0.25, 0.3) is 10.6 Å². The van der Waals surface area contributed by atoms with Crippen molar-refractivity contribution in [1.82, 2.24) is 20.3 Å². The van der Waals surface area contributed by atoms with E-state index < -0.39 is 21.7 Å². The molecule has 2 aromatic heterocycles. The molecule has 4 N–H and O–H groups in total. The lowest BCUT2D eigenvalue weighted by Gasteiger charge is -2.10. The number of rotatable bonds is 4. The van der Waals surface area contributed by atoms with Crippen molar-refractivity contribution in [2.75, 3.05) is 11.1 Å². The first-order chi connectivity index (χ1) is 16.3. The van der Waals surface area contributed by atoms with Crippen LogP contribution in [-0.4, -0.2) is 35.2 Å². The van der Waals surface area contributed by atoms with Crippen molar-refractivity contribution >= 4 is 44.6 Å². The Balaban J connectivity index is 1.35. The molecular formula is C22H16N6O4S2. The minimum atomic E-state index is -3.93. The molecule has 4 aromatic rings. The normalized spacial score (nSPS) is 13.8. The van der Waals surface area contributed by atoms with E-state index in [1.807, 2.05) is 0 Å². The summed E-state index contributed by atoms with van der Waals surface area (Å²) in [4.78, 5) is 38.2. The molecule has 0 fully saturated rings. The van der Waals surface area contributed by atoms with Crippen molar-refractivity contribution in [3.8, 4) is 10.6 Å². The van der Waals surface area contributed by atoms with Crippen LogP contribution in [-0.2, 0) is 16.4 Å². The van der Waals surface area contributed by atoms with Gasteiger partial charge in [0.25, 0.3) is 11.8 Å². The SMILES string of the molecule is Nc1ncc(-c2ncc(CNC(=O)c3ccc4c(c3)NC(=O)c3ccccc3S4(=O)=O)s2)cn1. The van der Waals surface area contributed by atoms with E-state index in [4.69, 9.17) is 5.73 Å². The van der Waals surface area contributed by atoms with Gasteiger partial charge in [0.15, 0.2) is 0 Å². The molecule has 34 heavy (non-hydrogen) atoms. The quantitative estimate of drug-likeness (QED) is 0.392. The number of carbonyl (C=O) groups is 2. The molecule has 2 amide bonds. The van der Waals surface area contributed by atoms with Gasteiger partial charge in [-0.3, -0.25) is 9.59 Å². The van der Waals surface area contributed by atoms with E-state index in [0.717, 1.165) is 4.88 Å². The van der Waals surface area contributed by atoms with Crippen LogP contribution in [0.3, 0.4) is 0 Å². The number of sulfone groups is 1. The summed E-state index contributed by atoms with van der Waals surface area (Å²) in [6.07, 6.45) is 4.78. The van der Waals surface area contributed by atoms with Crippen LogP contribution in [0.4, 0.5) is 11.6 Å². The van der Waals surface area contributed by atoms with Crippen molar-refractivity contribution in [3.63, 3.8) is 0 Å². The zero-order valence-corrected chi connectivity index (χ0v) is 19.0. The zero-order chi connectivity index (χ0) is 23.9. The molecule has 0 spiro atoms. The predicted molar refractivity (Wildman–Crippen MR) is 125 cm³/mol. The van der Waals surface area contributed by atoms with Crippen molar-refractivity contribution < 1.29 is 18.0 Å². The number of thiazole rings is 1. The lowest BCUT2D eigenvalue weighted by Crippen LogP contribution is -2.22. The molecule has 10 nitrogen and oxygen atoms in total. The first-order valence-corrected chi connectivity index (χ1v) is 12.2. The number of benzene rings is 2. The average molecular weight is 493 g/mol. The summed E-state index contributed by atoms with van der Waals surface area (Å²) in [5.74, 6) is -0.817. The lowest BCUT2D eigenvalue weighted by atomic mass is 10.1. The summed E-state index contributed by atoms with van der Waals surface area (Å²) in [7, 11) is -3.93. The Morgan fingerprint density at radius 3 is 2.59 bits per heavy atom. The maximum absolute atomic E-state index is 13.1. The summed E-state index contributed by atoms with van der Waals surface area (Å²) >= 11 is 1.36. The van der Waals surface area contributed by atoms with Gasteiger partial charge in [-0.2, -0.15) is 0 Å². The van der Waals surface area contributed by atoms with Gasteiger partial charge in [0.2, 0.25) is 15.8 Å². The van der Waals surface area contributed by atoms with Crippen LogP contribution in [0.2, 0.25) is 0 Å². The van der Waals surface area contributed by atoms with Crippen molar-refractivity contribution in [2.24, 2.45) is 0 Å². The molecule has 2 aromatic carbocycles. The molecule has 0 aliphatic carbocycles. The first-order valence-electron chi connectivity index (χ1n) is 9.93. The van der Waals surface area contributed by atoms with Crippen LogP contribution in [0.5, 0.6) is 0 Å². The van der Waals surface area contributed by atoms with Gasteiger partial charge in [0, 0.05) is 34.6 Å². The van der Waals surface area contributed by atoms with Gasteiger partial charge < -0.3 is 16.4 Å². The van der Waals surface area contributed by atoms with Crippen LogP contribution < -0.4 is 16.4 Å². The van der Waals surface area contributed by atoms with Crippen molar-refractivity contribution in [2.45, 2.75) is 16.3 Å². The topological polar surface area (TPSA) is 157 Å². The Morgan fingerprint density at radius 2 is 1.79 bits per heavy atom. The molecular weight excluding hydrogens is 476 g/mol. The van der Waals surface area contributed by atoms with E-state index in [9.17, 15) is 18.0 Å². The standard InChI is InChI=1S/C22H16N6O4S2/c23-22-26-8-13(9-27-22)21-25-11-14(33-21)10-24-19(29)12-5-6-18-16(7-12)28-20(30)15-3-1-2-4-17(15)34(18,31)32/h1-9,11H,10H2,(H,24,29)(H,28,30)(H2,23,26,27). The summed E-state index contributed by atoms with van der Waals surface area (Å²) in [6, 6.07) is 10.1. The van der Waals surface area contributed by atoms with Gasteiger partial charge in [-0.1, -0.05) is 12.1 Å². The van der Waals surface area contributed by atoms with Gasteiger partial charge in [0.05, 0.1) is 27.6 Å². The van der Waals surface area contributed by atoms with Crippen LogP contribution in [0, 0.1) is 0 Å². The van der Waals surface area contributed by atoms with E-state index >= 15 is 0 Å². The molecule has 0 unspecified atom stereocenters. The van der Waals surface area contributed by atoms with E-state index in [-0.39, 0.29) is 39.1 Å². The number of nitrogens with two attached hydrogens (primary N) is 1. The lowest BCUT2D eigenvalue weighted by molar-refractivity contribution is 0.0949. The monoisotopic (exact) mass is 492 g/mol. The Bertz CT molecular complexity index is 1550. The average Bonchev–Trinajstić information content (AvgIpc) is 3.29. The second-order valence-corrected chi connectivity index (χ2v) is 10.3. The largest absolute Gasteiger partial charge is 0.368 e.